The Labute approximate surface area is 193 Å². The lowest BCUT2D eigenvalue weighted by atomic mass is 9.79. The molecule has 5 rings (SSSR count). The molecule has 0 aromatic heterocycles. The summed E-state index contributed by atoms with van der Waals surface area (Å²) in [5.74, 6) is 0. The minimum atomic E-state index is -0.970. The number of carbonyl (C=O) groups excluding carboxylic acids is 2. The zero-order valence-corrected chi connectivity index (χ0v) is 18.4. The number of piperazine rings is 1. The van der Waals surface area contributed by atoms with E-state index in [0.29, 0.717) is 26.2 Å². The molecule has 2 heterocycles. The van der Waals surface area contributed by atoms with E-state index in [1.165, 1.54) is 5.56 Å². The molecule has 168 valence electrons. The molecule has 0 saturated carbocycles. The maximum atomic E-state index is 13.0. The fraction of sp³-hybridized carbons (Fsp3) is 0.259. The average molecular weight is 442 g/mol. The summed E-state index contributed by atoms with van der Waals surface area (Å²) in [6, 6.07) is 29.3. The van der Waals surface area contributed by atoms with Crippen molar-refractivity contribution in [2.45, 2.75) is 18.1 Å². The largest absolute Gasteiger partial charge is 0.431 e. The van der Waals surface area contributed by atoms with Gasteiger partial charge < -0.3 is 15.0 Å². The van der Waals surface area contributed by atoms with Crippen molar-refractivity contribution < 1.29 is 14.3 Å². The molecule has 0 aliphatic carbocycles. The molecule has 6 nitrogen and oxygen atoms in total. The SMILES string of the molecule is O=C(NCCc1ccccc1)N1CCN2C(=O)OC(c3ccccc3)(c3ccccc3)C2C1. The number of hydrogen-bond donors (Lipinski definition) is 1. The molecule has 3 aromatic rings. The van der Waals surface area contributed by atoms with Crippen LogP contribution in [0.4, 0.5) is 9.59 Å². The van der Waals surface area contributed by atoms with E-state index in [-0.39, 0.29) is 18.2 Å². The summed E-state index contributed by atoms with van der Waals surface area (Å²) in [7, 11) is 0. The summed E-state index contributed by atoms with van der Waals surface area (Å²) in [4.78, 5) is 29.5. The standard InChI is InChI=1S/C27H27N3O3/c31-25(28-17-16-21-10-4-1-5-11-21)29-18-19-30-24(20-29)27(33-26(30)32,22-12-6-2-7-13-22)23-14-8-3-9-15-23/h1-15,24H,16-20H2,(H,28,31). The highest BCUT2D eigenvalue weighted by Gasteiger charge is 2.58. The van der Waals surface area contributed by atoms with Crippen molar-refractivity contribution in [2.75, 3.05) is 26.2 Å². The third kappa shape index (κ3) is 3.93. The fourth-order valence-electron chi connectivity index (χ4n) is 4.91. The molecule has 2 aliphatic rings. The molecule has 1 N–H and O–H groups in total. The number of ether oxygens (including phenoxy) is 1. The molecule has 1 unspecified atom stereocenters. The molecule has 33 heavy (non-hydrogen) atoms. The zero-order valence-electron chi connectivity index (χ0n) is 18.4. The van der Waals surface area contributed by atoms with Gasteiger partial charge in [-0.05, 0) is 12.0 Å². The zero-order chi connectivity index (χ0) is 22.7. The van der Waals surface area contributed by atoms with Gasteiger partial charge in [0, 0.05) is 37.3 Å². The molecule has 6 heteroatoms. The molecule has 3 aromatic carbocycles. The van der Waals surface area contributed by atoms with Crippen LogP contribution in [0.5, 0.6) is 0 Å². The number of nitrogens with one attached hydrogen (secondary N) is 1. The van der Waals surface area contributed by atoms with Crippen molar-refractivity contribution in [1.82, 2.24) is 15.1 Å². The highest BCUT2D eigenvalue weighted by atomic mass is 16.6. The number of fused-ring (bicyclic) bond motifs is 1. The van der Waals surface area contributed by atoms with Gasteiger partial charge in [-0.15, -0.1) is 0 Å². The molecule has 1 atom stereocenters. The molecular weight excluding hydrogens is 414 g/mol. The highest BCUT2D eigenvalue weighted by Crippen LogP contribution is 2.45. The van der Waals surface area contributed by atoms with Crippen molar-refractivity contribution in [3.63, 3.8) is 0 Å². The second-order valence-electron chi connectivity index (χ2n) is 8.46. The van der Waals surface area contributed by atoms with E-state index in [1.807, 2.05) is 78.9 Å². The molecule has 2 fully saturated rings. The summed E-state index contributed by atoms with van der Waals surface area (Å²) in [5.41, 5.74) is 2.03. The Hall–Kier alpha value is -3.80. The van der Waals surface area contributed by atoms with Gasteiger partial charge in [0.25, 0.3) is 0 Å². The average Bonchev–Trinajstić information content (AvgIpc) is 3.18. The van der Waals surface area contributed by atoms with Crippen molar-refractivity contribution in [3.05, 3.63) is 108 Å². The minimum absolute atomic E-state index is 0.111. The maximum Gasteiger partial charge on any atom is 0.411 e. The number of nitrogens with zero attached hydrogens (tertiary/aromatic N) is 2. The van der Waals surface area contributed by atoms with E-state index in [2.05, 4.69) is 17.4 Å². The number of amides is 3. The van der Waals surface area contributed by atoms with Crippen LogP contribution in [0.1, 0.15) is 16.7 Å². The van der Waals surface area contributed by atoms with Crippen LogP contribution in [0.2, 0.25) is 0 Å². The summed E-state index contributed by atoms with van der Waals surface area (Å²) < 4.78 is 6.16. The van der Waals surface area contributed by atoms with Crippen LogP contribution in [0, 0.1) is 0 Å². The number of benzene rings is 3. The first-order valence-electron chi connectivity index (χ1n) is 11.4. The van der Waals surface area contributed by atoms with E-state index in [9.17, 15) is 9.59 Å². The van der Waals surface area contributed by atoms with Crippen LogP contribution in [0.25, 0.3) is 0 Å². The fourth-order valence-corrected chi connectivity index (χ4v) is 4.91. The molecular formula is C27H27N3O3. The Bertz CT molecular complexity index is 1070. The van der Waals surface area contributed by atoms with Gasteiger partial charge in [0.15, 0.2) is 5.60 Å². The summed E-state index contributed by atoms with van der Waals surface area (Å²) in [6.07, 6.45) is 0.437. The van der Waals surface area contributed by atoms with Crippen molar-refractivity contribution in [3.8, 4) is 0 Å². The van der Waals surface area contributed by atoms with Gasteiger partial charge in [-0.2, -0.15) is 0 Å². The monoisotopic (exact) mass is 441 g/mol. The van der Waals surface area contributed by atoms with Gasteiger partial charge in [-0.3, -0.25) is 4.90 Å². The predicted octanol–water partition coefficient (Wildman–Crippen LogP) is 4.02. The van der Waals surface area contributed by atoms with Crippen LogP contribution in [0.15, 0.2) is 91.0 Å². The van der Waals surface area contributed by atoms with E-state index < -0.39 is 5.60 Å². The normalized spacial score (nSPS) is 19.0. The quantitative estimate of drug-likeness (QED) is 0.651. The number of hydrogen-bond acceptors (Lipinski definition) is 3. The molecule has 2 aliphatic heterocycles. The van der Waals surface area contributed by atoms with Crippen LogP contribution in [-0.2, 0) is 16.8 Å². The second kappa shape index (κ2) is 8.98. The number of cyclic esters (lactones) is 1. The molecule has 0 spiro atoms. The Morgan fingerprint density at radius 2 is 1.45 bits per heavy atom. The number of rotatable bonds is 5. The number of carbonyl (C=O) groups is 2. The Kier molecular flexibility index (Phi) is 5.73. The van der Waals surface area contributed by atoms with Crippen molar-refractivity contribution in [1.29, 1.82) is 0 Å². The topological polar surface area (TPSA) is 61.9 Å². The first-order valence-corrected chi connectivity index (χ1v) is 11.4. The first-order chi connectivity index (χ1) is 16.2. The van der Waals surface area contributed by atoms with Gasteiger partial charge >= 0.3 is 12.1 Å². The van der Waals surface area contributed by atoms with Gasteiger partial charge in [-0.25, -0.2) is 9.59 Å². The molecule has 0 radical (unpaired) electrons. The van der Waals surface area contributed by atoms with Crippen LogP contribution >= 0.6 is 0 Å². The van der Waals surface area contributed by atoms with Crippen molar-refractivity contribution in [2.24, 2.45) is 0 Å². The van der Waals surface area contributed by atoms with E-state index >= 15 is 0 Å². The summed E-state index contributed by atoms with van der Waals surface area (Å²) in [6.45, 7) is 1.87. The van der Waals surface area contributed by atoms with E-state index in [4.69, 9.17) is 4.74 Å². The predicted molar refractivity (Wildman–Crippen MR) is 126 cm³/mol. The summed E-state index contributed by atoms with van der Waals surface area (Å²) in [5, 5.41) is 3.04. The smallest absolute Gasteiger partial charge is 0.411 e. The van der Waals surface area contributed by atoms with E-state index in [0.717, 1.165) is 17.5 Å². The third-order valence-electron chi connectivity index (χ3n) is 6.56. The van der Waals surface area contributed by atoms with Crippen LogP contribution in [0.3, 0.4) is 0 Å². The minimum Gasteiger partial charge on any atom is -0.431 e. The van der Waals surface area contributed by atoms with Gasteiger partial charge in [0.1, 0.15) is 6.04 Å². The van der Waals surface area contributed by atoms with Gasteiger partial charge in [0.05, 0.1) is 0 Å². The maximum absolute atomic E-state index is 13.0. The van der Waals surface area contributed by atoms with Crippen LogP contribution in [-0.4, -0.2) is 54.1 Å². The first kappa shape index (κ1) is 21.1. The Morgan fingerprint density at radius 1 is 0.879 bits per heavy atom. The van der Waals surface area contributed by atoms with Gasteiger partial charge in [0.2, 0.25) is 0 Å². The molecule has 0 bridgehead atoms. The van der Waals surface area contributed by atoms with Gasteiger partial charge in [-0.1, -0.05) is 91.0 Å². The molecule has 3 amide bonds. The third-order valence-corrected chi connectivity index (χ3v) is 6.56. The second-order valence-corrected chi connectivity index (χ2v) is 8.46. The lowest BCUT2D eigenvalue weighted by Gasteiger charge is -2.42. The Morgan fingerprint density at radius 3 is 2.06 bits per heavy atom. The van der Waals surface area contributed by atoms with Crippen molar-refractivity contribution >= 4 is 12.1 Å². The van der Waals surface area contributed by atoms with Crippen LogP contribution < -0.4 is 5.32 Å². The Balaban J connectivity index is 1.39. The lowest BCUT2D eigenvalue weighted by molar-refractivity contribution is 0.0512. The lowest BCUT2D eigenvalue weighted by Crippen LogP contribution is -2.60. The van der Waals surface area contributed by atoms with E-state index in [1.54, 1.807) is 9.80 Å². The molecule has 2 saturated heterocycles. The summed E-state index contributed by atoms with van der Waals surface area (Å²) >= 11 is 0. The highest BCUT2D eigenvalue weighted by molar-refractivity contribution is 5.77. The number of urea groups is 1.